The second-order valence-corrected chi connectivity index (χ2v) is 4.52. The number of hydrogen-bond acceptors (Lipinski definition) is 5. The number of nitrogen functional groups attached to an aromatic ring is 1. The van der Waals surface area contributed by atoms with Gasteiger partial charge in [-0.1, -0.05) is 0 Å². The fourth-order valence-electron chi connectivity index (χ4n) is 1.77. The van der Waals surface area contributed by atoms with E-state index in [0.29, 0.717) is 5.56 Å². The highest BCUT2D eigenvalue weighted by atomic mass is 19.4. The van der Waals surface area contributed by atoms with Crippen LogP contribution >= 0.6 is 0 Å². The second-order valence-electron chi connectivity index (χ2n) is 4.52. The predicted octanol–water partition coefficient (Wildman–Crippen LogP) is 2.46. The Bertz CT molecular complexity index is 840. The summed E-state index contributed by atoms with van der Waals surface area (Å²) in [6.45, 7) is 0. The van der Waals surface area contributed by atoms with E-state index in [4.69, 9.17) is 5.73 Å². The van der Waals surface area contributed by atoms with Crippen molar-refractivity contribution in [3.63, 3.8) is 0 Å². The first-order valence-electron chi connectivity index (χ1n) is 6.23. The quantitative estimate of drug-likeness (QED) is 0.578. The molecule has 0 fully saturated rings. The first-order valence-corrected chi connectivity index (χ1v) is 6.23. The summed E-state index contributed by atoms with van der Waals surface area (Å²) in [7, 11) is 0. The van der Waals surface area contributed by atoms with Crippen molar-refractivity contribution in [2.24, 2.45) is 0 Å². The molecule has 3 aromatic rings. The normalized spacial score (nSPS) is 11.7. The summed E-state index contributed by atoms with van der Waals surface area (Å²) in [5, 5.41) is 10.6. The van der Waals surface area contributed by atoms with Crippen LogP contribution in [0.1, 0.15) is 5.69 Å². The van der Waals surface area contributed by atoms with Crippen molar-refractivity contribution in [1.82, 2.24) is 25.0 Å². The molecule has 0 saturated heterocycles. The van der Waals surface area contributed by atoms with E-state index in [1.807, 2.05) is 0 Å². The van der Waals surface area contributed by atoms with Gasteiger partial charge in [0.25, 0.3) is 0 Å². The molecule has 0 aliphatic carbocycles. The van der Waals surface area contributed by atoms with Crippen molar-refractivity contribution < 1.29 is 17.6 Å². The average Bonchev–Trinajstić information content (AvgIpc) is 2.99. The number of halogens is 4. The van der Waals surface area contributed by atoms with E-state index in [-0.39, 0.29) is 17.3 Å². The molecular weight excluding hydrogens is 316 g/mol. The topological polar surface area (TPSA) is 82.5 Å². The third kappa shape index (κ3) is 2.96. The highest BCUT2D eigenvalue weighted by molar-refractivity contribution is 5.58. The predicted molar refractivity (Wildman–Crippen MR) is 71.8 cm³/mol. The Labute approximate surface area is 126 Å². The molecule has 118 valence electrons. The van der Waals surface area contributed by atoms with E-state index in [9.17, 15) is 17.6 Å². The van der Waals surface area contributed by atoms with Gasteiger partial charge in [-0.25, -0.2) is 14.1 Å². The molecule has 1 aromatic carbocycles. The molecule has 2 N–H and O–H groups in total. The summed E-state index contributed by atoms with van der Waals surface area (Å²) >= 11 is 0. The zero-order valence-corrected chi connectivity index (χ0v) is 11.3. The minimum atomic E-state index is -4.57. The number of alkyl halides is 3. The van der Waals surface area contributed by atoms with Crippen molar-refractivity contribution in [2.45, 2.75) is 6.18 Å². The molecule has 10 heteroatoms. The smallest absolute Gasteiger partial charge is 0.396 e. The lowest BCUT2D eigenvalue weighted by atomic mass is 10.2. The minimum absolute atomic E-state index is 0.0122. The largest absolute Gasteiger partial charge is 0.435 e. The molecule has 2 aromatic heterocycles. The van der Waals surface area contributed by atoms with Crippen LogP contribution in [-0.2, 0) is 6.18 Å². The third-order valence-corrected chi connectivity index (χ3v) is 2.93. The fraction of sp³-hybridized carbons (Fsp3) is 0.0769. The monoisotopic (exact) mass is 324 g/mol. The molecule has 0 unspecified atom stereocenters. The standard InChI is InChI=1S/C13H8F4N6/c14-8-5-7(1-2-9(8)18)12-19-6-23(22-12)11-4-3-10(20-21-11)13(15,16)17/h1-6H,18H2. The Morgan fingerprint density at radius 2 is 1.83 bits per heavy atom. The highest BCUT2D eigenvalue weighted by Crippen LogP contribution is 2.27. The van der Waals surface area contributed by atoms with Crippen LogP contribution in [0, 0.1) is 5.82 Å². The summed E-state index contributed by atoms with van der Waals surface area (Å²) < 4.78 is 51.9. The lowest BCUT2D eigenvalue weighted by Crippen LogP contribution is -2.10. The van der Waals surface area contributed by atoms with Gasteiger partial charge in [0.05, 0.1) is 5.69 Å². The van der Waals surface area contributed by atoms with Gasteiger partial charge in [0.15, 0.2) is 17.3 Å². The van der Waals surface area contributed by atoms with E-state index in [2.05, 4.69) is 20.3 Å². The van der Waals surface area contributed by atoms with Crippen LogP contribution < -0.4 is 5.73 Å². The Hall–Kier alpha value is -3.04. The van der Waals surface area contributed by atoms with Crippen molar-refractivity contribution in [3.05, 3.63) is 48.2 Å². The zero-order valence-electron chi connectivity index (χ0n) is 11.3. The lowest BCUT2D eigenvalue weighted by Gasteiger charge is -2.04. The number of rotatable bonds is 2. The summed E-state index contributed by atoms with van der Waals surface area (Å²) in [6, 6.07) is 5.94. The van der Waals surface area contributed by atoms with Gasteiger partial charge in [0, 0.05) is 5.56 Å². The van der Waals surface area contributed by atoms with Gasteiger partial charge in [-0.05, 0) is 30.3 Å². The van der Waals surface area contributed by atoms with Crippen LogP contribution in [-0.4, -0.2) is 25.0 Å². The van der Waals surface area contributed by atoms with E-state index in [1.165, 1.54) is 18.5 Å². The van der Waals surface area contributed by atoms with Crippen LogP contribution in [0.15, 0.2) is 36.7 Å². The van der Waals surface area contributed by atoms with Crippen LogP contribution in [0.5, 0.6) is 0 Å². The number of nitrogens with two attached hydrogens (primary N) is 1. The number of benzene rings is 1. The Morgan fingerprint density at radius 1 is 1.04 bits per heavy atom. The molecule has 3 rings (SSSR count). The van der Waals surface area contributed by atoms with Gasteiger partial charge >= 0.3 is 6.18 Å². The van der Waals surface area contributed by atoms with Gasteiger partial charge in [0.2, 0.25) is 0 Å². The Balaban J connectivity index is 1.91. The van der Waals surface area contributed by atoms with Gasteiger partial charge in [-0.2, -0.15) is 13.2 Å². The maximum atomic E-state index is 13.4. The highest BCUT2D eigenvalue weighted by Gasteiger charge is 2.33. The van der Waals surface area contributed by atoms with Crippen molar-refractivity contribution >= 4 is 5.69 Å². The molecule has 0 bridgehead atoms. The number of aromatic nitrogens is 5. The summed E-state index contributed by atoms with van der Waals surface area (Å²) in [5.74, 6) is -0.397. The van der Waals surface area contributed by atoms with E-state index in [0.717, 1.165) is 22.9 Å². The Morgan fingerprint density at radius 3 is 2.43 bits per heavy atom. The van der Waals surface area contributed by atoms with Crippen LogP contribution in [0.2, 0.25) is 0 Å². The van der Waals surface area contributed by atoms with E-state index < -0.39 is 17.7 Å². The summed E-state index contributed by atoms with van der Waals surface area (Å²) in [5.41, 5.74) is 4.63. The SMILES string of the molecule is Nc1ccc(-c2ncn(-c3ccc(C(F)(F)F)nn3)n2)cc1F. The third-order valence-electron chi connectivity index (χ3n) is 2.93. The fourth-order valence-corrected chi connectivity index (χ4v) is 1.77. The average molecular weight is 324 g/mol. The molecule has 0 aliphatic rings. The van der Waals surface area contributed by atoms with E-state index in [1.54, 1.807) is 0 Å². The molecule has 6 nitrogen and oxygen atoms in total. The molecule has 0 radical (unpaired) electrons. The zero-order chi connectivity index (χ0) is 16.6. The number of nitrogens with zero attached hydrogens (tertiary/aromatic N) is 5. The van der Waals surface area contributed by atoms with Crippen LogP contribution in [0.25, 0.3) is 17.2 Å². The molecule has 0 spiro atoms. The van der Waals surface area contributed by atoms with Crippen molar-refractivity contribution in [2.75, 3.05) is 5.73 Å². The van der Waals surface area contributed by atoms with Gasteiger partial charge in [0.1, 0.15) is 12.1 Å². The molecule has 0 amide bonds. The molecule has 23 heavy (non-hydrogen) atoms. The van der Waals surface area contributed by atoms with Crippen LogP contribution in [0.3, 0.4) is 0 Å². The molecule has 2 heterocycles. The van der Waals surface area contributed by atoms with E-state index >= 15 is 0 Å². The molecule has 0 saturated carbocycles. The van der Waals surface area contributed by atoms with Gasteiger partial charge in [-0.15, -0.1) is 15.3 Å². The maximum absolute atomic E-state index is 13.4. The van der Waals surface area contributed by atoms with Gasteiger partial charge < -0.3 is 5.73 Å². The molecular formula is C13H8F4N6. The maximum Gasteiger partial charge on any atom is 0.435 e. The second kappa shape index (κ2) is 5.30. The van der Waals surface area contributed by atoms with Crippen molar-refractivity contribution in [1.29, 1.82) is 0 Å². The van der Waals surface area contributed by atoms with Crippen molar-refractivity contribution in [3.8, 4) is 17.2 Å². The minimum Gasteiger partial charge on any atom is -0.396 e. The number of hydrogen-bond donors (Lipinski definition) is 1. The summed E-state index contributed by atoms with van der Waals surface area (Å²) in [4.78, 5) is 3.96. The van der Waals surface area contributed by atoms with Gasteiger partial charge in [-0.3, -0.25) is 0 Å². The Kier molecular flexibility index (Phi) is 3.43. The molecule has 0 atom stereocenters. The first-order chi connectivity index (χ1) is 10.8. The first kappa shape index (κ1) is 14.9. The molecule has 0 aliphatic heterocycles. The van der Waals surface area contributed by atoms with Crippen LogP contribution in [0.4, 0.5) is 23.2 Å². The number of anilines is 1. The lowest BCUT2D eigenvalue weighted by molar-refractivity contribution is -0.141. The summed E-state index contributed by atoms with van der Waals surface area (Å²) in [6.07, 6.45) is -3.33.